The van der Waals surface area contributed by atoms with Crippen LogP contribution >= 0.6 is 24.4 Å². The Morgan fingerprint density at radius 2 is 1.18 bits per heavy atom. The number of likely N-dealkylation sites (tertiary alicyclic amines) is 2. The van der Waals surface area contributed by atoms with Crippen LogP contribution in [0.25, 0.3) is 0 Å². The van der Waals surface area contributed by atoms with Gasteiger partial charge in [-0.15, -0.1) is 0 Å². The van der Waals surface area contributed by atoms with Crippen LogP contribution in [0.15, 0.2) is 49.1 Å². The van der Waals surface area contributed by atoms with E-state index in [0.29, 0.717) is 0 Å². The van der Waals surface area contributed by atoms with Crippen LogP contribution in [0.3, 0.4) is 0 Å². The van der Waals surface area contributed by atoms with Crippen LogP contribution in [0, 0.1) is 11.8 Å². The summed E-state index contributed by atoms with van der Waals surface area (Å²) in [5.41, 5.74) is 1.92. The maximum atomic E-state index is 5.60. The normalized spacial score (nSPS) is 17.6. The second kappa shape index (κ2) is 12.2. The third-order valence-electron chi connectivity index (χ3n) is 6.85. The van der Waals surface area contributed by atoms with Crippen molar-refractivity contribution in [1.29, 1.82) is 0 Å². The molecule has 33 heavy (non-hydrogen) atoms. The first kappa shape index (κ1) is 23.8. The van der Waals surface area contributed by atoms with Gasteiger partial charge in [-0.25, -0.2) is 0 Å². The number of anilines is 2. The molecule has 2 fully saturated rings. The van der Waals surface area contributed by atoms with Gasteiger partial charge in [0.05, 0.1) is 23.8 Å². The summed E-state index contributed by atoms with van der Waals surface area (Å²) in [5, 5.41) is 8.27. The molecule has 2 saturated heterocycles. The zero-order valence-corrected chi connectivity index (χ0v) is 20.8. The van der Waals surface area contributed by atoms with Crippen molar-refractivity contribution in [2.24, 2.45) is 11.8 Å². The van der Waals surface area contributed by atoms with E-state index < -0.39 is 0 Å². The number of nitrogens with one attached hydrogen (secondary N) is 2. The third-order valence-corrected chi connectivity index (χ3v) is 7.57. The lowest BCUT2D eigenvalue weighted by Gasteiger charge is -2.35. The molecule has 2 N–H and O–H groups in total. The van der Waals surface area contributed by atoms with E-state index in [1.165, 1.54) is 44.9 Å². The van der Waals surface area contributed by atoms with Crippen molar-refractivity contribution in [2.75, 3.05) is 36.8 Å². The van der Waals surface area contributed by atoms with E-state index in [0.717, 1.165) is 59.6 Å². The lowest BCUT2D eigenvalue weighted by atomic mass is 9.87. The molecule has 2 aliphatic rings. The van der Waals surface area contributed by atoms with Gasteiger partial charge in [-0.1, -0.05) is 19.3 Å². The van der Waals surface area contributed by atoms with Gasteiger partial charge in [-0.05, 0) is 86.2 Å². The number of aromatic nitrogens is 2. The van der Waals surface area contributed by atoms with Crippen molar-refractivity contribution in [3.63, 3.8) is 0 Å². The summed E-state index contributed by atoms with van der Waals surface area (Å²) in [6.07, 6.45) is 16.2. The van der Waals surface area contributed by atoms with Gasteiger partial charge in [0, 0.05) is 38.6 Å². The Morgan fingerprint density at radius 1 is 0.758 bits per heavy atom. The minimum Gasteiger partial charge on any atom is -0.349 e. The molecule has 0 radical (unpaired) electrons. The van der Waals surface area contributed by atoms with Gasteiger partial charge in [-0.3, -0.25) is 9.97 Å². The zero-order valence-electron chi connectivity index (χ0n) is 19.2. The summed E-state index contributed by atoms with van der Waals surface area (Å²) in [5.74, 6) is 1.66. The Bertz CT molecular complexity index is 805. The van der Waals surface area contributed by atoms with Gasteiger partial charge in [0.2, 0.25) is 0 Å². The van der Waals surface area contributed by atoms with Gasteiger partial charge in [-0.2, -0.15) is 0 Å². The molecule has 2 aromatic rings. The van der Waals surface area contributed by atoms with Crippen molar-refractivity contribution in [1.82, 2.24) is 19.8 Å². The molecular weight excluding hydrogens is 448 g/mol. The third kappa shape index (κ3) is 7.33. The molecule has 176 valence electrons. The minimum absolute atomic E-state index is 0.823. The minimum atomic E-state index is 0.823. The SMILES string of the molecule is S=C(Nc1cccnc1)N1CCC(CCCC2CCN(C(=S)Nc3cccnc3)CC2)CC1. The quantitative estimate of drug-likeness (QED) is 0.547. The van der Waals surface area contributed by atoms with Crippen molar-refractivity contribution in [2.45, 2.75) is 44.9 Å². The van der Waals surface area contributed by atoms with E-state index in [-0.39, 0.29) is 0 Å². The standard InChI is InChI=1S/C25H34N6S2/c32-24(28-22-6-2-12-26-18-22)30-14-8-20(9-15-30)4-1-5-21-10-16-31(17-11-21)25(33)29-23-7-3-13-27-19-23/h2-3,6-7,12-13,18-21H,1,4-5,8-11,14-17H2,(H,28,32)(H,29,33). The molecule has 0 aromatic carbocycles. The molecule has 6 nitrogen and oxygen atoms in total. The number of hydrogen-bond donors (Lipinski definition) is 2. The second-order valence-electron chi connectivity index (χ2n) is 9.14. The van der Waals surface area contributed by atoms with E-state index in [1.807, 2.05) is 36.7 Å². The molecule has 0 unspecified atom stereocenters. The predicted octanol–water partition coefficient (Wildman–Crippen LogP) is 5.16. The van der Waals surface area contributed by atoms with Crippen molar-refractivity contribution in [3.05, 3.63) is 49.1 Å². The zero-order chi connectivity index (χ0) is 22.9. The molecule has 0 aliphatic carbocycles. The average Bonchev–Trinajstić information content (AvgIpc) is 2.86. The maximum Gasteiger partial charge on any atom is 0.173 e. The van der Waals surface area contributed by atoms with E-state index in [9.17, 15) is 0 Å². The van der Waals surface area contributed by atoms with Crippen molar-refractivity contribution >= 4 is 46.0 Å². The second-order valence-corrected chi connectivity index (χ2v) is 9.91. The van der Waals surface area contributed by atoms with Gasteiger partial charge < -0.3 is 20.4 Å². The molecule has 0 atom stereocenters. The van der Waals surface area contributed by atoms with Gasteiger partial charge in [0.1, 0.15) is 0 Å². The Morgan fingerprint density at radius 3 is 1.55 bits per heavy atom. The average molecular weight is 483 g/mol. The van der Waals surface area contributed by atoms with Gasteiger partial charge in [0.15, 0.2) is 10.2 Å². The Hall–Kier alpha value is -2.32. The number of rotatable bonds is 6. The Balaban J connectivity index is 1.08. The summed E-state index contributed by atoms with van der Waals surface area (Å²) in [6.45, 7) is 4.21. The first-order chi connectivity index (χ1) is 16.2. The lowest BCUT2D eigenvalue weighted by Crippen LogP contribution is -2.41. The van der Waals surface area contributed by atoms with Crippen LogP contribution < -0.4 is 10.6 Å². The highest BCUT2D eigenvalue weighted by atomic mass is 32.1. The number of nitrogens with zero attached hydrogens (tertiary/aromatic N) is 4. The molecule has 2 aromatic heterocycles. The fourth-order valence-electron chi connectivity index (χ4n) is 4.82. The van der Waals surface area contributed by atoms with E-state index >= 15 is 0 Å². The van der Waals surface area contributed by atoms with Crippen LogP contribution in [0.2, 0.25) is 0 Å². The summed E-state index contributed by atoms with van der Waals surface area (Å²) in [6, 6.07) is 7.85. The van der Waals surface area contributed by atoms with Crippen LogP contribution in [-0.2, 0) is 0 Å². The van der Waals surface area contributed by atoms with Gasteiger partial charge in [0.25, 0.3) is 0 Å². The number of hydrogen-bond acceptors (Lipinski definition) is 4. The fraction of sp³-hybridized carbons (Fsp3) is 0.520. The first-order valence-electron chi connectivity index (χ1n) is 12.1. The molecule has 0 saturated carbocycles. The smallest absolute Gasteiger partial charge is 0.173 e. The topological polar surface area (TPSA) is 56.3 Å². The highest BCUT2D eigenvalue weighted by Gasteiger charge is 2.23. The lowest BCUT2D eigenvalue weighted by molar-refractivity contribution is 0.229. The van der Waals surface area contributed by atoms with Crippen LogP contribution in [0.5, 0.6) is 0 Å². The Labute approximate surface area is 208 Å². The molecule has 2 aliphatic heterocycles. The molecule has 8 heteroatoms. The van der Waals surface area contributed by atoms with E-state index in [4.69, 9.17) is 24.4 Å². The summed E-state index contributed by atoms with van der Waals surface area (Å²) < 4.78 is 0. The van der Waals surface area contributed by atoms with E-state index in [2.05, 4.69) is 30.4 Å². The number of pyridine rings is 2. The van der Waals surface area contributed by atoms with Gasteiger partial charge >= 0.3 is 0 Å². The molecule has 4 rings (SSSR count). The highest BCUT2D eigenvalue weighted by Crippen LogP contribution is 2.28. The molecule has 0 spiro atoms. The van der Waals surface area contributed by atoms with Crippen molar-refractivity contribution in [3.8, 4) is 0 Å². The Kier molecular flexibility index (Phi) is 8.83. The molecular formula is C25H34N6S2. The highest BCUT2D eigenvalue weighted by molar-refractivity contribution is 7.80. The summed E-state index contributed by atoms with van der Waals surface area (Å²) in [4.78, 5) is 12.9. The summed E-state index contributed by atoms with van der Waals surface area (Å²) >= 11 is 11.2. The number of thiocarbonyl (C=S) groups is 2. The molecule has 0 bridgehead atoms. The first-order valence-corrected chi connectivity index (χ1v) is 12.9. The largest absolute Gasteiger partial charge is 0.349 e. The fourth-order valence-corrected chi connectivity index (χ4v) is 5.42. The number of piperidine rings is 2. The predicted molar refractivity (Wildman–Crippen MR) is 143 cm³/mol. The molecule has 0 amide bonds. The van der Waals surface area contributed by atoms with Crippen LogP contribution in [-0.4, -0.2) is 56.2 Å². The van der Waals surface area contributed by atoms with Crippen LogP contribution in [0.1, 0.15) is 44.9 Å². The van der Waals surface area contributed by atoms with Crippen molar-refractivity contribution < 1.29 is 0 Å². The maximum absolute atomic E-state index is 5.60. The van der Waals surface area contributed by atoms with Crippen LogP contribution in [0.4, 0.5) is 11.4 Å². The molecule has 4 heterocycles. The van der Waals surface area contributed by atoms with E-state index in [1.54, 1.807) is 12.4 Å². The monoisotopic (exact) mass is 482 g/mol. The summed E-state index contributed by atoms with van der Waals surface area (Å²) in [7, 11) is 0.